The highest BCUT2D eigenvalue weighted by Gasteiger charge is 2.38. The first-order valence-electron chi connectivity index (χ1n) is 15.3. The van der Waals surface area contributed by atoms with Crippen LogP contribution in [0.4, 0.5) is 0 Å². The third-order valence-electron chi connectivity index (χ3n) is 9.74. The molecule has 0 N–H and O–H groups in total. The molecule has 7 aromatic carbocycles. The number of rotatable bonds is 2. The van der Waals surface area contributed by atoms with Crippen molar-refractivity contribution >= 4 is 61.1 Å². The van der Waals surface area contributed by atoms with Gasteiger partial charge < -0.3 is 4.57 Å². The minimum absolute atomic E-state index is 0.394. The molecule has 2 heterocycles. The summed E-state index contributed by atoms with van der Waals surface area (Å²) in [5, 5.41) is 9.60. The van der Waals surface area contributed by atoms with Crippen LogP contribution in [0.15, 0.2) is 150 Å². The van der Waals surface area contributed by atoms with E-state index in [-0.39, 0.29) is 0 Å². The summed E-state index contributed by atoms with van der Waals surface area (Å²) in [5.74, 6) is 0.415. The lowest BCUT2D eigenvalue weighted by Crippen LogP contribution is -2.08. The Balaban J connectivity index is 1.16. The predicted octanol–water partition coefficient (Wildman–Crippen LogP) is 11.7. The molecule has 0 bridgehead atoms. The second-order valence-corrected chi connectivity index (χ2v) is 13.2. The first-order valence-corrected chi connectivity index (χ1v) is 16.2. The third kappa shape index (κ3) is 3.38. The Labute approximate surface area is 260 Å². The van der Waals surface area contributed by atoms with Crippen LogP contribution < -0.4 is 0 Å². The molecule has 2 unspecified atom stereocenters. The Hall–Kier alpha value is -5.05. The lowest BCUT2D eigenvalue weighted by molar-refractivity contribution is 0.817. The highest BCUT2D eigenvalue weighted by atomic mass is 32.2. The van der Waals surface area contributed by atoms with Gasteiger partial charge in [0.15, 0.2) is 0 Å². The zero-order chi connectivity index (χ0) is 28.8. The SMILES string of the molecule is C1=CC2c3ccccc3SC2c2c1n(-c1cccc(-c3ccc4c5ccccc5c5ccccc5c4c3)c1)c1ccccc21. The van der Waals surface area contributed by atoms with Crippen molar-refractivity contribution in [3.05, 3.63) is 162 Å². The maximum absolute atomic E-state index is 2.48. The minimum Gasteiger partial charge on any atom is -0.310 e. The van der Waals surface area contributed by atoms with Gasteiger partial charge in [-0.25, -0.2) is 0 Å². The van der Waals surface area contributed by atoms with Crippen molar-refractivity contribution in [2.75, 3.05) is 0 Å². The van der Waals surface area contributed by atoms with E-state index in [1.807, 2.05) is 11.8 Å². The molecule has 10 rings (SSSR count). The van der Waals surface area contributed by atoms with E-state index in [1.54, 1.807) is 0 Å². The number of fused-ring (bicyclic) bond motifs is 13. The molecule has 2 heteroatoms. The van der Waals surface area contributed by atoms with Gasteiger partial charge in [-0.1, -0.05) is 115 Å². The maximum atomic E-state index is 2.48. The molecule has 8 aromatic rings. The van der Waals surface area contributed by atoms with Gasteiger partial charge >= 0.3 is 0 Å². The van der Waals surface area contributed by atoms with Crippen molar-refractivity contribution < 1.29 is 0 Å². The van der Waals surface area contributed by atoms with Gasteiger partial charge in [0.1, 0.15) is 0 Å². The fourth-order valence-electron chi connectivity index (χ4n) is 7.81. The molecule has 0 fully saturated rings. The fraction of sp³-hybridized carbons (Fsp3) is 0.0476. The van der Waals surface area contributed by atoms with E-state index in [4.69, 9.17) is 0 Å². The molecule has 1 aromatic heterocycles. The molecule has 0 saturated heterocycles. The van der Waals surface area contributed by atoms with Crippen molar-refractivity contribution in [3.63, 3.8) is 0 Å². The summed E-state index contributed by atoms with van der Waals surface area (Å²) in [6.45, 7) is 0. The van der Waals surface area contributed by atoms with Gasteiger partial charge in [-0.15, -0.1) is 11.8 Å². The number of allylic oxidation sites excluding steroid dienone is 1. The summed E-state index contributed by atoms with van der Waals surface area (Å²) < 4.78 is 2.48. The lowest BCUT2D eigenvalue weighted by Gasteiger charge is -2.22. The second kappa shape index (κ2) is 9.22. The van der Waals surface area contributed by atoms with Crippen molar-refractivity contribution in [3.8, 4) is 16.8 Å². The van der Waals surface area contributed by atoms with Gasteiger partial charge in [0.05, 0.1) is 11.2 Å². The molecule has 0 radical (unpaired) electrons. The van der Waals surface area contributed by atoms with Gasteiger partial charge in [-0.3, -0.25) is 0 Å². The van der Waals surface area contributed by atoms with Crippen LogP contribution in [-0.2, 0) is 0 Å². The van der Waals surface area contributed by atoms with Crippen molar-refractivity contribution in [2.24, 2.45) is 0 Å². The average Bonchev–Trinajstić information content (AvgIpc) is 3.64. The van der Waals surface area contributed by atoms with Gasteiger partial charge in [-0.2, -0.15) is 0 Å². The predicted molar refractivity (Wildman–Crippen MR) is 188 cm³/mol. The Bertz CT molecular complexity index is 2460. The zero-order valence-corrected chi connectivity index (χ0v) is 24.8. The number of thioether (sulfide) groups is 1. The number of hydrogen-bond donors (Lipinski definition) is 0. The summed E-state index contributed by atoms with van der Waals surface area (Å²) in [7, 11) is 0. The van der Waals surface area contributed by atoms with Gasteiger partial charge in [0.2, 0.25) is 0 Å². The largest absolute Gasteiger partial charge is 0.310 e. The van der Waals surface area contributed by atoms with Crippen LogP contribution in [-0.4, -0.2) is 4.57 Å². The Morgan fingerprint density at radius 1 is 0.500 bits per heavy atom. The van der Waals surface area contributed by atoms with E-state index >= 15 is 0 Å². The molecule has 0 amide bonds. The van der Waals surface area contributed by atoms with Gasteiger partial charge in [0, 0.05) is 27.1 Å². The molecule has 206 valence electrons. The maximum Gasteiger partial charge on any atom is 0.0538 e. The molecule has 2 atom stereocenters. The first-order chi connectivity index (χ1) is 21.8. The number of hydrogen-bond acceptors (Lipinski definition) is 1. The summed E-state index contributed by atoms with van der Waals surface area (Å²) in [6.07, 6.45) is 4.81. The number of benzene rings is 7. The molecule has 0 saturated carbocycles. The second-order valence-electron chi connectivity index (χ2n) is 12.0. The van der Waals surface area contributed by atoms with E-state index < -0.39 is 0 Å². The van der Waals surface area contributed by atoms with Crippen molar-refractivity contribution in [1.82, 2.24) is 4.57 Å². The number of para-hydroxylation sites is 1. The molecule has 2 aliphatic rings. The topological polar surface area (TPSA) is 4.93 Å². The first kappa shape index (κ1) is 24.4. The number of aromatic nitrogens is 1. The Kier molecular flexibility index (Phi) is 5.11. The van der Waals surface area contributed by atoms with Crippen molar-refractivity contribution in [2.45, 2.75) is 16.1 Å². The zero-order valence-electron chi connectivity index (χ0n) is 23.9. The Morgan fingerprint density at radius 3 is 1.93 bits per heavy atom. The van der Waals surface area contributed by atoms with Gasteiger partial charge in [-0.05, 0) is 91.0 Å². The molecule has 1 aliphatic carbocycles. The van der Waals surface area contributed by atoms with Crippen LogP contribution in [0.1, 0.15) is 28.0 Å². The van der Waals surface area contributed by atoms with E-state index in [2.05, 4.69) is 156 Å². The summed E-state index contributed by atoms with van der Waals surface area (Å²) in [5.41, 5.74) is 9.17. The van der Waals surface area contributed by atoms with Crippen LogP contribution >= 0.6 is 11.8 Å². The highest BCUT2D eigenvalue weighted by Crippen LogP contribution is 2.59. The lowest BCUT2D eigenvalue weighted by atomic mass is 9.86. The average molecular weight is 578 g/mol. The van der Waals surface area contributed by atoms with Gasteiger partial charge in [0.25, 0.3) is 0 Å². The fourth-order valence-corrected chi connectivity index (χ4v) is 9.33. The molecular formula is C42H27NS. The summed E-state index contributed by atoms with van der Waals surface area (Å²) >= 11 is 2.02. The molecule has 0 spiro atoms. The van der Waals surface area contributed by atoms with Crippen LogP contribution in [0.5, 0.6) is 0 Å². The van der Waals surface area contributed by atoms with E-state index in [0.717, 1.165) is 0 Å². The molecule has 1 nitrogen and oxygen atoms in total. The normalized spacial score (nSPS) is 16.9. The van der Waals surface area contributed by atoms with Crippen LogP contribution in [0.2, 0.25) is 0 Å². The molecule has 1 aliphatic heterocycles. The smallest absolute Gasteiger partial charge is 0.0538 e. The summed E-state index contributed by atoms with van der Waals surface area (Å²) in [6, 6.07) is 51.6. The monoisotopic (exact) mass is 577 g/mol. The quantitative estimate of drug-likeness (QED) is 0.185. The minimum atomic E-state index is 0.394. The van der Waals surface area contributed by atoms with Crippen LogP contribution in [0.25, 0.3) is 66.1 Å². The third-order valence-corrected chi connectivity index (χ3v) is 11.1. The molecular weight excluding hydrogens is 551 g/mol. The van der Waals surface area contributed by atoms with Crippen LogP contribution in [0, 0.1) is 0 Å². The standard InChI is InChI=1S/C42H27NS/c1-2-14-31-29(12-1)30-13-3-4-15-32(30)37-25-27(20-21-33(31)37)26-10-9-11-28(24-26)43-38-18-7-5-17-36(38)41-39(43)23-22-35-34-16-6-8-19-40(34)44-42(35)41/h1-25,35,42H. The molecule has 44 heavy (non-hydrogen) atoms. The van der Waals surface area contributed by atoms with E-state index in [1.165, 1.54) is 81.8 Å². The Morgan fingerprint density at radius 2 is 1.14 bits per heavy atom. The van der Waals surface area contributed by atoms with Crippen molar-refractivity contribution in [1.29, 1.82) is 0 Å². The number of nitrogens with zero attached hydrogens (tertiary/aromatic N) is 1. The van der Waals surface area contributed by atoms with Crippen LogP contribution in [0.3, 0.4) is 0 Å². The van der Waals surface area contributed by atoms with E-state index in [9.17, 15) is 0 Å². The summed E-state index contributed by atoms with van der Waals surface area (Å²) in [4.78, 5) is 1.41. The highest BCUT2D eigenvalue weighted by molar-refractivity contribution is 8.00. The van der Waals surface area contributed by atoms with E-state index in [0.29, 0.717) is 11.2 Å².